The molecule has 1 aromatic rings. The maximum absolute atomic E-state index is 11.5. The van der Waals surface area contributed by atoms with Crippen LogP contribution in [0.4, 0.5) is 0 Å². The molecule has 1 amide bonds. The average molecular weight is 196 g/mol. The molecule has 0 bridgehead atoms. The van der Waals surface area contributed by atoms with E-state index in [1.54, 1.807) is 19.1 Å². The zero-order valence-corrected chi connectivity index (χ0v) is 8.54. The molecular formula is C10H16N2O2. The molecule has 1 heterocycles. The van der Waals surface area contributed by atoms with Gasteiger partial charge in [0, 0.05) is 12.6 Å². The van der Waals surface area contributed by atoms with Crippen molar-refractivity contribution in [1.82, 2.24) is 5.32 Å². The van der Waals surface area contributed by atoms with Crippen molar-refractivity contribution >= 4 is 5.91 Å². The van der Waals surface area contributed by atoms with Crippen LogP contribution >= 0.6 is 0 Å². The molecule has 0 aliphatic rings. The van der Waals surface area contributed by atoms with Crippen molar-refractivity contribution in [2.24, 2.45) is 5.73 Å². The summed E-state index contributed by atoms with van der Waals surface area (Å²) < 4.78 is 5.18. The van der Waals surface area contributed by atoms with Crippen LogP contribution in [0.25, 0.3) is 0 Å². The van der Waals surface area contributed by atoms with Crippen molar-refractivity contribution in [2.45, 2.75) is 26.3 Å². The summed E-state index contributed by atoms with van der Waals surface area (Å²) in [4.78, 5) is 11.5. The van der Waals surface area contributed by atoms with E-state index in [4.69, 9.17) is 10.2 Å². The van der Waals surface area contributed by atoms with Crippen LogP contribution in [-0.2, 0) is 0 Å². The Morgan fingerprint density at radius 2 is 2.36 bits per heavy atom. The first kappa shape index (κ1) is 10.8. The van der Waals surface area contributed by atoms with Gasteiger partial charge in [-0.2, -0.15) is 0 Å². The summed E-state index contributed by atoms with van der Waals surface area (Å²) in [6.07, 6.45) is 0.821. The molecule has 0 fully saturated rings. The van der Waals surface area contributed by atoms with Crippen LogP contribution in [0, 0.1) is 6.92 Å². The van der Waals surface area contributed by atoms with Crippen molar-refractivity contribution in [3.05, 3.63) is 23.7 Å². The molecule has 4 nitrogen and oxygen atoms in total. The van der Waals surface area contributed by atoms with Gasteiger partial charge in [-0.05, 0) is 25.5 Å². The number of carbonyl (C=O) groups is 1. The van der Waals surface area contributed by atoms with Gasteiger partial charge in [0.15, 0.2) is 5.76 Å². The standard InChI is InChI=1S/C10H16N2O2/c1-3-8(6-11)12-10(13)9-5-4-7(2)14-9/h4-5,8H,3,6,11H2,1-2H3,(H,12,13). The summed E-state index contributed by atoms with van der Waals surface area (Å²) in [6, 6.07) is 3.44. The number of hydrogen-bond acceptors (Lipinski definition) is 3. The molecule has 14 heavy (non-hydrogen) atoms. The fourth-order valence-electron chi connectivity index (χ4n) is 1.14. The zero-order chi connectivity index (χ0) is 10.6. The second-order valence-electron chi connectivity index (χ2n) is 3.22. The summed E-state index contributed by atoms with van der Waals surface area (Å²) in [7, 11) is 0. The smallest absolute Gasteiger partial charge is 0.287 e. The van der Waals surface area contributed by atoms with Gasteiger partial charge < -0.3 is 15.5 Å². The second-order valence-corrected chi connectivity index (χ2v) is 3.22. The first-order valence-corrected chi connectivity index (χ1v) is 4.74. The van der Waals surface area contributed by atoms with Gasteiger partial charge in [-0.15, -0.1) is 0 Å². The highest BCUT2D eigenvalue weighted by molar-refractivity contribution is 5.91. The Labute approximate surface area is 83.5 Å². The topological polar surface area (TPSA) is 68.3 Å². The molecule has 0 aliphatic heterocycles. The summed E-state index contributed by atoms with van der Waals surface area (Å²) in [5.74, 6) is 0.876. The molecule has 0 radical (unpaired) electrons. The maximum Gasteiger partial charge on any atom is 0.287 e. The Balaban J connectivity index is 2.58. The Hall–Kier alpha value is -1.29. The van der Waals surface area contributed by atoms with Crippen LogP contribution < -0.4 is 11.1 Å². The largest absolute Gasteiger partial charge is 0.456 e. The SMILES string of the molecule is CCC(CN)NC(=O)c1ccc(C)o1. The quantitative estimate of drug-likeness (QED) is 0.756. The van der Waals surface area contributed by atoms with E-state index >= 15 is 0 Å². The molecule has 0 aliphatic carbocycles. The number of nitrogens with one attached hydrogen (secondary N) is 1. The van der Waals surface area contributed by atoms with Crippen molar-refractivity contribution < 1.29 is 9.21 Å². The third kappa shape index (κ3) is 2.60. The zero-order valence-electron chi connectivity index (χ0n) is 8.54. The first-order chi connectivity index (χ1) is 6.67. The van der Waals surface area contributed by atoms with E-state index in [1.165, 1.54) is 0 Å². The van der Waals surface area contributed by atoms with Gasteiger partial charge in [0.05, 0.1) is 0 Å². The summed E-state index contributed by atoms with van der Waals surface area (Å²) in [6.45, 7) is 4.23. The highest BCUT2D eigenvalue weighted by Gasteiger charge is 2.13. The highest BCUT2D eigenvalue weighted by Crippen LogP contribution is 2.06. The van der Waals surface area contributed by atoms with Crippen LogP contribution in [-0.4, -0.2) is 18.5 Å². The Kier molecular flexibility index (Phi) is 3.71. The predicted molar refractivity (Wildman–Crippen MR) is 54.0 cm³/mol. The van der Waals surface area contributed by atoms with E-state index in [-0.39, 0.29) is 11.9 Å². The van der Waals surface area contributed by atoms with Gasteiger partial charge in [0.2, 0.25) is 0 Å². The number of carbonyl (C=O) groups excluding carboxylic acids is 1. The Morgan fingerprint density at radius 1 is 1.64 bits per heavy atom. The molecule has 78 valence electrons. The number of hydrogen-bond donors (Lipinski definition) is 2. The first-order valence-electron chi connectivity index (χ1n) is 4.74. The lowest BCUT2D eigenvalue weighted by molar-refractivity contribution is 0.0908. The van der Waals surface area contributed by atoms with Gasteiger partial charge in [-0.3, -0.25) is 4.79 Å². The van der Waals surface area contributed by atoms with Gasteiger partial charge in [0.25, 0.3) is 5.91 Å². The van der Waals surface area contributed by atoms with Crippen LogP contribution in [0.15, 0.2) is 16.5 Å². The summed E-state index contributed by atoms with van der Waals surface area (Å²) in [5, 5.41) is 2.79. The average Bonchev–Trinajstić information content (AvgIpc) is 2.61. The van der Waals surface area contributed by atoms with Crippen LogP contribution in [0.2, 0.25) is 0 Å². The number of nitrogens with two attached hydrogens (primary N) is 1. The van der Waals surface area contributed by atoms with Crippen molar-refractivity contribution in [1.29, 1.82) is 0 Å². The van der Waals surface area contributed by atoms with E-state index in [9.17, 15) is 4.79 Å². The van der Waals surface area contributed by atoms with Crippen molar-refractivity contribution in [3.63, 3.8) is 0 Å². The third-order valence-corrected chi connectivity index (χ3v) is 2.08. The summed E-state index contributed by atoms with van der Waals surface area (Å²) >= 11 is 0. The molecule has 0 spiro atoms. The van der Waals surface area contributed by atoms with Gasteiger partial charge in [-0.1, -0.05) is 6.92 Å². The minimum absolute atomic E-state index is 0.0212. The van der Waals surface area contributed by atoms with E-state index < -0.39 is 0 Å². The monoisotopic (exact) mass is 196 g/mol. The Morgan fingerprint density at radius 3 is 2.79 bits per heavy atom. The van der Waals surface area contributed by atoms with Gasteiger partial charge in [-0.25, -0.2) is 0 Å². The molecule has 0 saturated carbocycles. The molecule has 1 aromatic heterocycles. The molecule has 1 rings (SSSR count). The van der Waals surface area contributed by atoms with Gasteiger partial charge in [0.1, 0.15) is 5.76 Å². The van der Waals surface area contributed by atoms with E-state index in [2.05, 4.69) is 5.32 Å². The van der Waals surface area contributed by atoms with Crippen molar-refractivity contribution in [2.75, 3.05) is 6.54 Å². The molecule has 1 unspecified atom stereocenters. The van der Waals surface area contributed by atoms with E-state index in [0.717, 1.165) is 12.2 Å². The van der Waals surface area contributed by atoms with Crippen LogP contribution in [0.5, 0.6) is 0 Å². The van der Waals surface area contributed by atoms with E-state index in [1.807, 2.05) is 6.92 Å². The molecular weight excluding hydrogens is 180 g/mol. The van der Waals surface area contributed by atoms with E-state index in [0.29, 0.717) is 12.3 Å². The van der Waals surface area contributed by atoms with Crippen molar-refractivity contribution in [3.8, 4) is 0 Å². The predicted octanol–water partition coefficient (Wildman–Crippen LogP) is 1.06. The minimum Gasteiger partial charge on any atom is -0.456 e. The summed E-state index contributed by atoms with van der Waals surface area (Å²) in [5.41, 5.74) is 5.47. The minimum atomic E-state index is -0.199. The number of amides is 1. The Bertz CT molecular complexity index is 303. The fourth-order valence-corrected chi connectivity index (χ4v) is 1.14. The molecule has 1 atom stereocenters. The third-order valence-electron chi connectivity index (χ3n) is 2.08. The lowest BCUT2D eigenvalue weighted by atomic mass is 10.2. The number of furan rings is 1. The van der Waals surface area contributed by atoms with Gasteiger partial charge >= 0.3 is 0 Å². The number of rotatable bonds is 4. The molecule has 4 heteroatoms. The van der Waals surface area contributed by atoms with Crippen LogP contribution in [0.3, 0.4) is 0 Å². The molecule has 0 aromatic carbocycles. The number of aryl methyl sites for hydroxylation is 1. The second kappa shape index (κ2) is 4.81. The molecule has 0 saturated heterocycles. The fraction of sp³-hybridized carbons (Fsp3) is 0.500. The molecule has 3 N–H and O–H groups in total. The van der Waals surface area contributed by atoms with Crippen LogP contribution in [0.1, 0.15) is 29.7 Å². The lowest BCUT2D eigenvalue weighted by Crippen LogP contribution is -2.39. The highest BCUT2D eigenvalue weighted by atomic mass is 16.3. The maximum atomic E-state index is 11.5. The lowest BCUT2D eigenvalue weighted by Gasteiger charge is -2.12. The normalized spacial score (nSPS) is 12.5.